The Morgan fingerprint density at radius 2 is 1.97 bits per heavy atom. The standard InChI is InChI=1S/C21H29N5O2S/c1-24-20(22-23-21(24)29-16-17-6-3-2-4-7-17)18-8-5-9-25(14-18)15-19(27)26-10-12-28-13-11-26/h2-4,6-7,18H,5,8-16H2,1H3/t18-/m1/s1. The summed E-state index contributed by atoms with van der Waals surface area (Å²) in [6.45, 7) is 5.05. The number of piperidine rings is 1. The molecule has 1 aromatic carbocycles. The summed E-state index contributed by atoms with van der Waals surface area (Å²) in [7, 11) is 2.06. The molecule has 1 aromatic heterocycles. The third-order valence-electron chi connectivity index (χ3n) is 5.67. The maximum absolute atomic E-state index is 12.6. The number of morpholine rings is 1. The van der Waals surface area contributed by atoms with Crippen LogP contribution in [0.15, 0.2) is 35.5 Å². The molecule has 7 nitrogen and oxygen atoms in total. The number of ether oxygens (including phenoxy) is 1. The van der Waals surface area contributed by atoms with Crippen LogP contribution in [-0.4, -0.2) is 76.4 Å². The molecule has 0 radical (unpaired) electrons. The Hall–Kier alpha value is -1.90. The van der Waals surface area contributed by atoms with E-state index in [9.17, 15) is 4.79 Å². The zero-order valence-electron chi connectivity index (χ0n) is 17.0. The van der Waals surface area contributed by atoms with Crippen LogP contribution in [0.1, 0.15) is 30.1 Å². The van der Waals surface area contributed by atoms with Gasteiger partial charge in [0.15, 0.2) is 5.16 Å². The van der Waals surface area contributed by atoms with Gasteiger partial charge in [-0.05, 0) is 24.9 Å². The van der Waals surface area contributed by atoms with Crippen LogP contribution in [-0.2, 0) is 22.3 Å². The summed E-state index contributed by atoms with van der Waals surface area (Å²) < 4.78 is 7.48. The lowest BCUT2D eigenvalue weighted by molar-refractivity contribution is -0.136. The number of amides is 1. The van der Waals surface area contributed by atoms with Gasteiger partial charge in [-0.15, -0.1) is 10.2 Å². The molecule has 29 heavy (non-hydrogen) atoms. The van der Waals surface area contributed by atoms with Gasteiger partial charge in [0.25, 0.3) is 0 Å². The fraction of sp³-hybridized carbons (Fsp3) is 0.571. The van der Waals surface area contributed by atoms with Gasteiger partial charge in [-0.25, -0.2) is 0 Å². The van der Waals surface area contributed by atoms with Crippen LogP contribution < -0.4 is 0 Å². The summed E-state index contributed by atoms with van der Waals surface area (Å²) in [6.07, 6.45) is 2.18. The van der Waals surface area contributed by atoms with Crippen molar-refractivity contribution in [2.45, 2.75) is 29.7 Å². The molecule has 2 aliphatic heterocycles. The molecule has 0 unspecified atom stereocenters. The molecule has 3 heterocycles. The lowest BCUT2D eigenvalue weighted by Crippen LogP contribution is -2.47. The van der Waals surface area contributed by atoms with Crippen LogP contribution in [0.5, 0.6) is 0 Å². The lowest BCUT2D eigenvalue weighted by atomic mass is 9.97. The Morgan fingerprint density at radius 3 is 2.76 bits per heavy atom. The van der Waals surface area contributed by atoms with Crippen LogP contribution in [0.3, 0.4) is 0 Å². The minimum Gasteiger partial charge on any atom is -0.378 e. The van der Waals surface area contributed by atoms with Crippen LogP contribution in [0, 0.1) is 0 Å². The van der Waals surface area contributed by atoms with Gasteiger partial charge in [-0.2, -0.15) is 0 Å². The van der Waals surface area contributed by atoms with Gasteiger partial charge >= 0.3 is 0 Å². The summed E-state index contributed by atoms with van der Waals surface area (Å²) in [5.74, 6) is 2.46. The average molecular weight is 416 g/mol. The molecule has 2 aliphatic rings. The molecule has 2 saturated heterocycles. The molecular weight excluding hydrogens is 386 g/mol. The first kappa shape index (κ1) is 20.4. The maximum atomic E-state index is 12.6. The van der Waals surface area contributed by atoms with Crippen LogP contribution in [0.2, 0.25) is 0 Å². The van der Waals surface area contributed by atoms with Crippen molar-refractivity contribution >= 4 is 17.7 Å². The van der Waals surface area contributed by atoms with Crippen LogP contribution in [0.25, 0.3) is 0 Å². The highest BCUT2D eigenvalue weighted by Crippen LogP contribution is 2.28. The number of nitrogens with zero attached hydrogens (tertiary/aromatic N) is 5. The fourth-order valence-corrected chi connectivity index (χ4v) is 4.92. The van der Waals surface area contributed by atoms with Crippen molar-refractivity contribution in [1.82, 2.24) is 24.6 Å². The topological polar surface area (TPSA) is 63.5 Å². The summed E-state index contributed by atoms with van der Waals surface area (Å²) >= 11 is 1.72. The molecule has 0 aliphatic carbocycles. The van der Waals surface area contributed by atoms with Gasteiger partial charge in [-0.1, -0.05) is 42.1 Å². The molecule has 156 valence electrons. The number of thioether (sulfide) groups is 1. The van der Waals surface area contributed by atoms with E-state index in [4.69, 9.17) is 4.74 Å². The summed E-state index contributed by atoms with van der Waals surface area (Å²) in [5, 5.41) is 9.89. The number of benzene rings is 1. The first-order valence-corrected chi connectivity index (χ1v) is 11.3. The first-order chi connectivity index (χ1) is 14.2. The number of hydrogen-bond donors (Lipinski definition) is 0. The fourth-order valence-electron chi connectivity index (χ4n) is 4.04. The highest BCUT2D eigenvalue weighted by molar-refractivity contribution is 7.98. The Morgan fingerprint density at radius 1 is 1.17 bits per heavy atom. The van der Waals surface area contributed by atoms with Crippen molar-refractivity contribution in [3.8, 4) is 0 Å². The number of rotatable bonds is 6. The molecule has 0 spiro atoms. The molecule has 0 N–H and O–H groups in total. The van der Waals surface area contributed by atoms with E-state index in [2.05, 4.69) is 51.0 Å². The second kappa shape index (κ2) is 9.73. The highest BCUT2D eigenvalue weighted by atomic mass is 32.2. The molecule has 2 aromatic rings. The molecule has 1 atom stereocenters. The van der Waals surface area contributed by atoms with E-state index >= 15 is 0 Å². The van der Waals surface area contributed by atoms with Gasteiger partial charge in [0.1, 0.15) is 5.82 Å². The van der Waals surface area contributed by atoms with Crippen molar-refractivity contribution in [3.05, 3.63) is 41.7 Å². The predicted molar refractivity (Wildman–Crippen MR) is 113 cm³/mol. The Balaban J connectivity index is 1.34. The van der Waals surface area contributed by atoms with Crippen molar-refractivity contribution < 1.29 is 9.53 Å². The second-order valence-electron chi connectivity index (χ2n) is 7.74. The van der Waals surface area contributed by atoms with E-state index in [1.165, 1.54) is 5.56 Å². The molecule has 0 saturated carbocycles. The van der Waals surface area contributed by atoms with Crippen molar-refractivity contribution in [2.75, 3.05) is 45.9 Å². The van der Waals surface area contributed by atoms with Gasteiger partial charge in [-0.3, -0.25) is 9.69 Å². The van der Waals surface area contributed by atoms with Gasteiger partial charge in [0, 0.05) is 38.4 Å². The van der Waals surface area contributed by atoms with Gasteiger partial charge in [0.05, 0.1) is 19.8 Å². The minimum absolute atomic E-state index is 0.214. The average Bonchev–Trinajstić information content (AvgIpc) is 3.14. The first-order valence-electron chi connectivity index (χ1n) is 10.3. The largest absolute Gasteiger partial charge is 0.378 e. The number of carbonyl (C=O) groups excluding carboxylic acids is 1. The Bertz CT molecular complexity index is 807. The molecule has 1 amide bonds. The minimum atomic E-state index is 0.214. The van der Waals surface area contributed by atoms with E-state index < -0.39 is 0 Å². The van der Waals surface area contributed by atoms with E-state index in [0.717, 1.165) is 42.7 Å². The van der Waals surface area contributed by atoms with Crippen molar-refractivity contribution in [1.29, 1.82) is 0 Å². The molecule has 8 heteroatoms. The van der Waals surface area contributed by atoms with Gasteiger partial charge < -0.3 is 14.2 Å². The van der Waals surface area contributed by atoms with E-state index in [1.54, 1.807) is 11.8 Å². The lowest BCUT2D eigenvalue weighted by Gasteiger charge is -2.34. The maximum Gasteiger partial charge on any atom is 0.236 e. The molecular formula is C21H29N5O2S. The van der Waals surface area contributed by atoms with Crippen molar-refractivity contribution in [2.24, 2.45) is 7.05 Å². The third kappa shape index (κ3) is 5.18. The Kier molecular flexibility index (Phi) is 6.84. The zero-order valence-corrected chi connectivity index (χ0v) is 17.8. The molecule has 4 rings (SSSR count). The summed E-state index contributed by atoms with van der Waals surface area (Å²) in [6, 6.07) is 10.4. The molecule has 0 bridgehead atoms. The molecule has 2 fully saturated rings. The summed E-state index contributed by atoms with van der Waals surface area (Å²) in [5.41, 5.74) is 1.28. The SMILES string of the molecule is Cn1c(SCc2ccccc2)nnc1[C@@H]1CCCN(CC(=O)N2CCOCC2)C1. The number of aromatic nitrogens is 3. The number of likely N-dealkylation sites (tertiary alicyclic amines) is 1. The zero-order chi connectivity index (χ0) is 20.1. The number of hydrogen-bond acceptors (Lipinski definition) is 6. The highest BCUT2D eigenvalue weighted by Gasteiger charge is 2.28. The van der Waals surface area contributed by atoms with E-state index in [0.29, 0.717) is 38.8 Å². The smallest absolute Gasteiger partial charge is 0.236 e. The monoisotopic (exact) mass is 415 g/mol. The quantitative estimate of drug-likeness (QED) is 0.674. The van der Waals surface area contributed by atoms with Gasteiger partial charge in [0.2, 0.25) is 5.91 Å². The predicted octanol–water partition coefficient (Wildman–Crippen LogP) is 2.15. The third-order valence-corrected chi connectivity index (χ3v) is 6.76. The Labute approximate surface area is 176 Å². The van der Waals surface area contributed by atoms with Crippen LogP contribution >= 0.6 is 11.8 Å². The summed E-state index contributed by atoms with van der Waals surface area (Å²) in [4.78, 5) is 16.8. The van der Waals surface area contributed by atoms with E-state index in [-0.39, 0.29) is 5.91 Å². The van der Waals surface area contributed by atoms with Crippen LogP contribution in [0.4, 0.5) is 0 Å². The number of carbonyl (C=O) groups is 1. The van der Waals surface area contributed by atoms with Crippen molar-refractivity contribution in [3.63, 3.8) is 0 Å². The van der Waals surface area contributed by atoms with E-state index in [1.807, 2.05) is 11.0 Å². The normalized spacial score (nSPS) is 20.7. The second-order valence-corrected chi connectivity index (χ2v) is 8.68.